The summed E-state index contributed by atoms with van der Waals surface area (Å²) < 4.78 is 12.1. The molecular formula is C17H22N4O4. The van der Waals surface area contributed by atoms with Gasteiger partial charge in [-0.15, -0.1) is 0 Å². The normalized spacial score (nSPS) is 10.2. The Morgan fingerprint density at radius 1 is 1.04 bits per heavy atom. The van der Waals surface area contributed by atoms with E-state index in [2.05, 4.69) is 15.6 Å². The number of aromatic nitrogens is 2. The Balaban J connectivity index is 2.23. The van der Waals surface area contributed by atoms with Crippen LogP contribution in [0.3, 0.4) is 0 Å². The first-order valence-electron chi connectivity index (χ1n) is 7.81. The first-order valence-corrected chi connectivity index (χ1v) is 7.81. The number of alkyl carbamates (subject to hydrolysis) is 2. The molecule has 0 radical (unpaired) electrons. The van der Waals surface area contributed by atoms with Gasteiger partial charge in [-0.05, 0) is 5.56 Å². The van der Waals surface area contributed by atoms with Gasteiger partial charge in [-0.25, -0.2) is 14.6 Å². The molecule has 1 aromatic heterocycles. The number of carbonyl (C=O) groups is 2. The Kier molecular flexibility index (Phi) is 6.39. The molecule has 8 nitrogen and oxygen atoms in total. The Labute approximate surface area is 146 Å². The number of carbonyl (C=O) groups excluding carboxylic acids is 2. The molecular weight excluding hydrogens is 324 g/mol. The largest absolute Gasteiger partial charge is 0.443 e. The van der Waals surface area contributed by atoms with Crippen LogP contribution in [0.4, 0.5) is 9.59 Å². The van der Waals surface area contributed by atoms with Gasteiger partial charge in [-0.2, -0.15) is 0 Å². The lowest BCUT2D eigenvalue weighted by Crippen LogP contribution is -2.21. The van der Waals surface area contributed by atoms with Gasteiger partial charge >= 0.3 is 12.2 Å². The van der Waals surface area contributed by atoms with Crippen molar-refractivity contribution in [3.05, 3.63) is 53.1 Å². The van der Waals surface area contributed by atoms with Crippen molar-refractivity contribution in [3.8, 4) is 0 Å². The molecule has 1 aromatic carbocycles. The Bertz CT molecular complexity index is 728. The van der Waals surface area contributed by atoms with E-state index in [0.29, 0.717) is 17.8 Å². The number of amides is 2. The molecule has 0 saturated carbocycles. The third-order valence-electron chi connectivity index (χ3n) is 3.68. The Morgan fingerprint density at radius 3 is 2.24 bits per heavy atom. The van der Waals surface area contributed by atoms with E-state index in [0.717, 1.165) is 11.4 Å². The third kappa shape index (κ3) is 4.97. The fourth-order valence-corrected chi connectivity index (χ4v) is 2.29. The lowest BCUT2D eigenvalue weighted by atomic mass is 10.1. The minimum Gasteiger partial charge on any atom is -0.443 e. The fourth-order valence-electron chi connectivity index (χ4n) is 2.29. The minimum atomic E-state index is -0.548. The average Bonchev–Trinajstić information content (AvgIpc) is 2.93. The van der Waals surface area contributed by atoms with Gasteiger partial charge in [0.15, 0.2) is 0 Å². The molecule has 0 bridgehead atoms. The summed E-state index contributed by atoms with van der Waals surface area (Å²) in [4.78, 5) is 27.2. The number of nitrogens with one attached hydrogen (secondary N) is 2. The summed E-state index contributed by atoms with van der Waals surface area (Å²) in [5, 5.41) is 4.78. The molecule has 8 heteroatoms. The van der Waals surface area contributed by atoms with Crippen molar-refractivity contribution in [2.75, 3.05) is 14.1 Å². The second-order valence-electron chi connectivity index (χ2n) is 5.30. The third-order valence-corrected chi connectivity index (χ3v) is 3.68. The lowest BCUT2D eigenvalue weighted by molar-refractivity contribution is 0.131. The van der Waals surface area contributed by atoms with Gasteiger partial charge in [0.05, 0.1) is 5.69 Å². The molecule has 25 heavy (non-hydrogen) atoms. The lowest BCUT2D eigenvalue weighted by Gasteiger charge is -2.09. The van der Waals surface area contributed by atoms with Crippen LogP contribution >= 0.6 is 0 Å². The van der Waals surface area contributed by atoms with Crippen molar-refractivity contribution >= 4 is 12.2 Å². The number of hydrogen-bond donors (Lipinski definition) is 2. The van der Waals surface area contributed by atoms with Gasteiger partial charge in [-0.1, -0.05) is 30.3 Å². The molecule has 134 valence electrons. The van der Waals surface area contributed by atoms with E-state index >= 15 is 0 Å². The second-order valence-corrected chi connectivity index (χ2v) is 5.30. The van der Waals surface area contributed by atoms with E-state index < -0.39 is 12.2 Å². The number of benzene rings is 1. The van der Waals surface area contributed by atoms with Crippen LogP contribution in [-0.4, -0.2) is 35.8 Å². The topological polar surface area (TPSA) is 94.5 Å². The van der Waals surface area contributed by atoms with Crippen molar-refractivity contribution in [2.45, 2.75) is 19.6 Å². The maximum Gasteiger partial charge on any atom is 0.407 e. The van der Waals surface area contributed by atoms with Crippen LogP contribution in [0.5, 0.6) is 0 Å². The number of ether oxygens (including phenoxy) is 2. The van der Waals surface area contributed by atoms with E-state index in [1.807, 2.05) is 41.9 Å². The van der Waals surface area contributed by atoms with Crippen LogP contribution in [0, 0.1) is 0 Å². The van der Waals surface area contributed by atoms with Crippen molar-refractivity contribution in [3.63, 3.8) is 0 Å². The van der Waals surface area contributed by atoms with Crippen molar-refractivity contribution in [1.29, 1.82) is 0 Å². The zero-order valence-corrected chi connectivity index (χ0v) is 14.5. The van der Waals surface area contributed by atoms with E-state index in [1.54, 1.807) is 0 Å². The van der Waals surface area contributed by atoms with E-state index in [4.69, 9.17) is 9.47 Å². The maximum absolute atomic E-state index is 11.4. The van der Waals surface area contributed by atoms with Gasteiger partial charge < -0.3 is 24.7 Å². The summed E-state index contributed by atoms with van der Waals surface area (Å²) >= 11 is 0. The number of nitrogens with zero attached hydrogens (tertiary/aromatic N) is 2. The molecule has 0 unspecified atom stereocenters. The molecule has 2 aromatic rings. The molecule has 0 aliphatic rings. The van der Waals surface area contributed by atoms with Gasteiger partial charge in [0, 0.05) is 27.6 Å². The van der Waals surface area contributed by atoms with Crippen LogP contribution < -0.4 is 10.6 Å². The highest BCUT2D eigenvalue weighted by Gasteiger charge is 2.18. The predicted octanol–water partition coefficient (Wildman–Crippen LogP) is 1.72. The molecule has 2 amide bonds. The molecule has 0 spiro atoms. The first-order chi connectivity index (χ1) is 12.0. The number of rotatable bonds is 6. The van der Waals surface area contributed by atoms with Crippen LogP contribution in [-0.2, 0) is 36.2 Å². The molecule has 0 aliphatic heterocycles. The van der Waals surface area contributed by atoms with Crippen molar-refractivity contribution in [1.82, 2.24) is 20.2 Å². The van der Waals surface area contributed by atoms with Crippen LogP contribution in [0.25, 0.3) is 0 Å². The average molecular weight is 346 g/mol. The minimum absolute atomic E-state index is 0.00522. The fraction of sp³-hybridized carbons (Fsp3) is 0.353. The quantitative estimate of drug-likeness (QED) is 0.830. The molecule has 2 N–H and O–H groups in total. The van der Waals surface area contributed by atoms with Gasteiger partial charge in [-0.3, -0.25) is 0 Å². The van der Waals surface area contributed by atoms with Crippen molar-refractivity contribution < 1.29 is 19.1 Å². The Morgan fingerprint density at radius 2 is 1.64 bits per heavy atom. The van der Waals surface area contributed by atoms with Gasteiger partial charge in [0.2, 0.25) is 0 Å². The molecule has 0 fully saturated rings. The number of hydrogen-bond acceptors (Lipinski definition) is 5. The van der Waals surface area contributed by atoms with Crippen LogP contribution in [0.2, 0.25) is 0 Å². The smallest absolute Gasteiger partial charge is 0.407 e. The van der Waals surface area contributed by atoms with Crippen LogP contribution in [0.15, 0.2) is 30.3 Å². The molecule has 1 heterocycles. The van der Waals surface area contributed by atoms with E-state index in [1.165, 1.54) is 14.1 Å². The number of imidazole rings is 1. The highest BCUT2D eigenvalue weighted by Crippen LogP contribution is 2.16. The monoisotopic (exact) mass is 346 g/mol. The Hall–Kier alpha value is -3.03. The zero-order chi connectivity index (χ0) is 18.2. The summed E-state index contributed by atoms with van der Waals surface area (Å²) in [5.74, 6) is 0.789. The second kappa shape index (κ2) is 8.72. The van der Waals surface area contributed by atoms with E-state index in [9.17, 15) is 9.59 Å². The maximum atomic E-state index is 11.4. The summed E-state index contributed by atoms with van der Waals surface area (Å²) in [5.41, 5.74) is 2.34. The van der Waals surface area contributed by atoms with Crippen molar-refractivity contribution in [2.24, 2.45) is 7.05 Å². The summed E-state index contributed by atoms with van der Waals surface area (Å²) in [6, 6.07) is 9.90. The summed E-state index contributed by atoms with van der Waals surface area (Å²) in [7, 11) is 4.82. The van der Waals surface area contributed by atoms with E-state index in [-0.39, 0.29) is 13.2 Å². The molecule has 0 atom stereocenters. The van der Waals surface area contributed by atoms with Gasteiger partial charge in [0.25, 0.3) is 0 Å². The summed E-state index contributed by atoms with van der Waals surface area (Å²) in [6.07, 6.45) is -0.470. The molecule has 0 saturated heterocycles. The highest BCUT2D eigenvalue weighted by molar-refractivity contribution is 5.67. The standard InChI is InChI=1S/C17H22N4O4/c1-18-16(22)24-10-13-14(11-25-17(23)19-2)21(3)15(20-13)9-12-7-5-4-6-8-12/h4-8H,9-11H2,1-3H3,(H,18,22)(H,19,23). The zero-order valence-electron chi connectivity index (χ0n) is 14.5. The van der Waals surface area contributed by atoms with Gasteiger partial charge in [0.1, 0.15) is 24.7 Å². The predicted molar refractivity (Wildman–Crippen MR) is 90.9 cm³/mol. The first kappa shape index (κ1) is 18.3. The highest BCUT2D eigenvalue weighted by atomic mass is 16.6. The SMILES string of the molecule is CNC(=O)OCc1nc(Cc2ccccc2)n(C)c1COC(=O)NC. The molecule has 2 rings (SSSR count). The summed E-state index contributed by atoms with van der Waals surface area (Å²) in [6.45, 7) is 0.0269. The molecule has 0 aliphatic carbocycles. The van der Waals surface area contributed by atoms with Crippen LogP contribution in [0.1, 0.15) is 22.8 Å².